The number of carbonyl (C=O) groups is 3. The number of methoxy groups -OCH3 is 1. The summed E-state index contributed by atoms with van der Waals surface area (Å²) in [5.41, 5.74) is 1.90. The van der Waals surface area contributed by atoms with Gasteiger partial charge in [-0.05, 0) is 67.3 Å². The number of ether oxygens (including phenoxy) is 2. The SMILES string of the molecule is CCOC(=O)c1ccc(NC(=O)c2cc3c([nH]c2=O)C[C@@H](c2ccc(OC)cc2)CC3=O)cc1. The molecular weight excluding hydrogens is 436 g/mol. The van der Waals surface area contributed by atoms with Gasteiger partial charge < -0.3 is 19.8 Å². The van der Waals surface area contributed by atoms with E-state index in [-0.39, 0.29) is 30.3 Å². The Balaban J connectivity index is 1.52. The number of carbonyl (C=O) groups excluding carboxylic acids is 3. The van der Waals surface area contributed by atoms with Crippen LogP contribution in [0.1, 0.15) is 61.6 Å². The molecule has 1 aliphatic carbocycles. The Bertz CT molecular complexity index is 1290. The van der Waals surface area contributed by atoms with E-state index in [1.165, 1.54) is 18.2 Å². The summed E-state index contributed by atoms with van der Waals surface area (Å²) < 4.78 is 10.1. The fourth-order valence-electron chi connectivity index (χ4n) is 4.01. The van der Waals surface area contributed by atoms with E-state index in [0.29, 0.717) is 28.9 Å². The van der Waals surface area contributed by atoms with Crippen molar-refractivity contribution >= 4 is 23.3 Å². The number of aromatic nitrogens is 1. The molecule has 0 spiro atoms. The van der Waals surface area contributed by atoms with Gasteiger partial charge in [-0.25, -0.2) is 4.79 Å². The predicted molar refractivity (Wildman–Crippen MR) is 126 cm³/mol. The molecule has 0 saturated carbocycles. The molecule has 0 saturated heterocycles. The van der Waals surface area contributed by atoms with Crippen LogP contribution in [0.4, 0.5) is 5.69 Å². The number of Topliss-reactive ketones (excluding diaryl/α,β-unsaturated/α-hetero) is 1. The lowest BCUT2D eigenvalue weighted by atomic mass is 9.81. The summed E-state index contributed by atoms with van der Waals surface area (Å²) in [7, 11) is 1.59. The Morgan fingerprint density at radius 2 is 1.74 bits per heavy atom. The molecule has 1 heterocycles. The summed E-state index contributed by atoms with van der Waals surface area (Å²) in [6, 6.07) is 15.0. The van der Waals surface area contributed by atoms with E-state index in [4.69, 9.17) is 9.47 Å². The number of benzene rings is 2. The van der Waals surface area contributed by atoms with Crippen LogP contribution in [0.2, 0.25) is 0 Å². The molecule has 1 atom stereocenters. The number of rotatable bonds is 6. The van der Waals surface area contributed by atoms with Gasteiger partial charge in [0.25, 0.3) is 11.5 Å². The summed E-state index contributed by atoms with van der Waals surface area (Å²) >= 11 is 0. The lowest BCUT2D eigenvalue weighted by Crippen LogP contribution is -2.29. The van der Waals surface area contributed by atoms with Crippen molar-refractivity contribution in [3.05, 3.63) is 92.9 Å². The van der Waals surface area contributed by atoms with Gasteiger partial charge in [0.05, 0.1) is 19.3 Å². The van der Waals surface area contributed by atoms with Gasteiger partial charge in [-0.2, -0.15) is 0 Å². The molecule has 0 bridgehead atoms. The maximum Gasteiger partial charge on any atom is 0.338 e. The largest absolute Gasteiger partial charge is 0.497 e. The molecular formula is C26H24N2O6. The fraction of sp³-hybridized carbons (Fsp3) is 0.231. The van der Waals surface area contributed by atoms with Crippen molar-refractivity contribution < 1.29 is 23.9 Å². The summed E-state index contributed by atoms with van der Waals surface area (Å²) in [5.74, 6) is -0.577. The molecule has 8 heteroatoms. The first-order valence-electron chi connectivity index (χ1n) is 10.9. The van der Waals surface area contributed by atoms with Gasteiger partial charge in [0.2, 0.25) is 0 Å². The Morgan fingerprint density at radius 3 is 2.38 bits per heavy atom. The van der Waals surface area contributed by atoms with Gasteiger partial charge in [-0.15, -0.1) is 0 Å². The van der Waals surface area contributed by atoms with Crippen LogP contribution in [0.15, 0.2) is 59.4 Å². The van der Waals surface area contributed by atoms with E-state index in [0.717, 1.165) is 11.3 Å². The van der Waals surface area contributed by atoms with Gasteiger partial charge >= 0.3 is 5.97 Å². The normalized spacial score (nSPS) is 14.8. The molecule has 1 amide bonds. The van der Waals surface area contributed by atoms with Crippen LogP contribution < -0.4 is 15.6 Å². The molecule has 8 nitrogen and oxygen atoms in total. The Labute approximate surface area is 195 Å². The van der Waals surface area contributed by atoms with E-state index in [1.54, 1.807) is 26.2 Å². The van der Waals surface area contributed by atoms with Crippen molar-refractivity contribution in [2.45, 2.75) is 25.7 Å². The Hall–Kier alpha value is -4.20. The summed E-state index contributed by atoms with van der Waals surface area (Å²) in [5, 5.41) is 2.63. The van der Waals surface area contributed by atoms with Crippen LogP contribution in [-0.4, -0.2) is 36.4 Å². The molecule has 34 heavy (non-hydrogen) atoms. The average molecular weight is 460 g/mol. The summed E-state index contributed by atoms with van der Waals surface area (Å²) in [6.45, 7) is 1.98. The van der Waals surface area contributed by atoms with Crippen LogP contribution >= 0.6 is 0 Å². The number of aromatic amines is 1. The lowest BCUT2D eigenvalue weighted by Gasteiger charge is -2.24. The second-order valence-electron chi connectivity index (χ2n) is 7.96. The standard InChI is InChI=1S/C26H24N2O6/c1-3-34-26(32)16-4-8-18(9-5-16)27-24(30)21-14-20-22(28-25(21)31)12-17(13-23(20)29)15-6-10-19(33-2)11-7-15/h4-11,14,17H,3,12-13H2,1-2H3,(H,27,30)(H,28,31)/t17-/m1/s1. The highest BCUT2D eigenvalue weighted by atomic mass is 16.5. The fourth-order valence-corrected chi connectivity index (χ4v) is 4.01. The second kappa shape index (κ2) is 9.74. The van der Waals surface area contributed by atoms with Gasteiger partial charge in [0.1, 0.15) is 11.3 Å². The van der Waals surface area contributed by atoms with Crippen molar-refractivity contribution in [2.24, 2.45) is 0 Å². The van der Waals surface area contributed by atoms with Crippen LogP contribution in [-0.2, 0) is 11.2 Å². The predicted octanol–water partition coefficient (Wildman–Crippen LogP) is 3.73. The van der Waals surface area contributed by atoms with Crippen molar-refractivity contribution in [3.8, 4) is 5.75 Å². The van der Waals surface area contributed by atoms with E-state index in [2.05, 4.69) is 10.3 Å². The molecule has 0 unspecified atom stereocenters. The molecule has 0 aliphatic heterocycles. The molecule has 3 aromatic rings. The maximum absolute atomic E-state index is 12.9. The average Bonchev–Trinajstić information content (AvgIpc) is 2.84. The molecule has 174 valence electrons. The first kappa shape index (κ1) is 23.0. The molecule has 1 aromatic heterocycles. The number of H-pyrrole nitrogens is 1. The molecule has 0 fully saturated rings. The smallest absolute Gasteiger partial charge is 0.338 e. The van der Waals surface area contributed by atoms with E-state index in [1.807, 2.05) is 24.3 Å². The molecule has 1 aliphatic rings. The van der Waals surface area contributed by atoms with Crippen molar-refractivity contribution in [1.82, 2.24) is 4.98 Å². The van der Waals surface area contributed by atoms with Crippen LogP contribution in [0.5, 0.6) is 5.75 Å². The minimum Gasteiger partial charge on any atom is -0.497 e. The number of pyridine rings is 1. The summed E-state index contributed by atoms with van der Waals surface area (Å²) in [4.78, 5) is 52.8. The zero-order valence-corrected chi connectivity index (χ0v) is 18.8. The van der Waals surface area contributed by atoms with Gasteiger partial charge in [0, 0.05) is 23.4 Å². The topological polar surface area (TPSA) is 115 Å². The highest BCUT2D eigenvalue weighted by Gasteiger charge is 2.29. The molecule has 2 N–H and O–H groups in total. The maximum atomic E-state index is 12.9. The van der Waals surface area contributed by atoms with Gasteiger partial charge in [-0.3, -0.25) is 14.4 Å². The third kappa shape index (κ3) is 4.76. The van der Waals surface area contributed by atoms with Crippen molar-refractivity contribution in [2.75, 3.05) is 19.0 Å². The Morgan fingerprint density at radius 1 is 1.03 bits per heavy atom. The zero-order chi connectivity index (χ0) is 24.2. The van der Waals surface area contributed by atoms with E-state index in [9.17, 15) is 19.2 Å². The zero-order valence-electron chi connectivity index (χ0n) is 18.8. The highest BCUT2D eigenvalue weighted by molar-refractivity contribution is 6.07. The van der Waals surface area contributed by atoms with Crippen LogP contribution in [0.3, 0.4) is 0 Å². The summed E-state index contributed by atoms with van der Waals surface area (Å²) in [6.07, 6.45) is 0.765. The van der Waals surface area contributed by atoms with Gasteiger partial charge in [-0.1, -0.05) is 12.1 Å². The number of esters is 1. The van der Waals surface area contributed by atoms with Crippen LogP contribution in [0.25, 0.3) is 0 Å². The molecule has 0 radical (unpaired) electrons. The Kier molecular flexibility index (Phi) is 6.58. The number of amides is 1. The number of ketones is 1. The van der Waals surface area contributed by atoms with E-state index < -0.39 is 17.4 Å². The van der Waals surface area contributed by atoms with Crippen LogP contribution in [0, 0.1) is 0 Å². The van der Waals surface area contributed by atoms with Gasteiger partial charge in [0.15, 0.2) is 5.78 Å². The molecule has 2 aromatic carbocycles. The quantitative estimate of drug-likeness (QED) is 0.542. The van der Waals surface area contributed by atoms with Crippen molar-refractivity contribution in [1.29, 1.82) is 0 Å². The second-order valence-corrected chi connectivity index (χ2v) is 7.96. The lowest BCUT2D eigenvalue weighted by molar-refractivity contribution is 0.0526. The number of nitrogens with one attached hydrogen (secondary N) is 2. The third-order valence-electron chi connectivity index (χ3n) is 5.79. The number of fused-ring (bicyclic) bond motifs is 1. The molecule has 4 rings (SSSR count). The van der Waals surface area contributed by atoms with Crippen molar-refractivity contribution in [3.63, 3.8) is 0 Å². The number of hydrogen-bond donors (Lipinski definition) is 2. The third-order valence-corrected chi connectivity index (χ3v) is 5.79. The first-order chi connectivity index (χ1) is 16.4. The first-order valence-corrected chi connectivity index (χ1v) is 10.9. The minimum absolute atomic E-state index is 0.0702. The highest BCUT2D eigenvalue weighted by Crippen LogP contribution is 2.32. The minimum atomic E-state index is -0.641. The van der Waals surface area contributed by atoms with E-state index >= 15 is 0 Å². The number of hydrogen-bond acceptors (Lipinski definition) is 6. The monoisotopic (exact) mass is 460 g/mol. The number of anilines is 1.